The molecule has 1 aromatic carbocycles. The molecule has 1 unspecified atom stereocenters. The van der Waals surface area contributed by atoms with Crippen LogP contribution in [0.2, 0.25) is 0 Å². The fourth-order valence-electron chi connectivity index (χ4n) is 2.01. The van der Waals surface area contributed by atoms with Gasteiger partial charge in [-0.3, -0.25) is 4.79 Å². The van der Waals surface area contributed by atoms with Gasteiger partial charge in [0.1, 0.15) is 6.42 Å². The zero-order valence-corrected chi connectivity index (χ0v) is 9.79. The average molecular weight is 229 g/mol. The van der Waals surface area contributed by atoms with E-state index >= 15 is 0 Å². The fraction of sp³-hybridized carbons (Fsp3) is 0.385. The number of hydrogen-bond donors (Lipinski definition) is 2. The van der Waals surface area contributed by atoms with Gasteiger partial charge in [-0.25, -0.2) is 0 Å². The Labute approximate surface area is 101 Å². The summed E-state index contributed by atoms with van der Waals surface area (Å²) in [6.07, 6.45) is 2.01. The molecule has 1 aliphatic rings. The molecule has 17 heavy (non-hydrogen) atoms. The molecule has 0 aromatic heterocycles. The Bertz CT molecular complexity index is 476. The Morgan fingerprint density at radius 2 is 2.47 bits per heavy atom. The Balaban J connectivity index is 2.12. The summed E-state index contributed by atoms with van der Waals surface area (Å²) in [7, 11) is 0. The minimum atomic E-state index is -0.260. The highest BCUT2D eigenvalue weighted by Crippen LogP contribution is 2.27. The first-order chi connectivity index (χ1) is 8.19. The van der Waals surface area contributed by atoms with Gasteiger partial charge in [0, 0.05) is 17.4 Å². The van der Waals surface area contributed by atoms with Crippen molar-refractivity contribution in [3.63, 3.8) is 0 Å². The van der Waals surface area contributed by atoms with Gasteiger partial charge in [0.05, 0.1) is 6.07 Å². The number of nitrogens with one attached hydrogen (secondary N) is 2. The zero-order chi connectivity index (χ0) is 12.3. The quantitative estimate of drug-likeness (QED) is 0.817. The molecule has 2 N–H and O–H groups in total. The van der Waals surface area contributed by atoms with Crippen LogP contribution in [0, 0.1) is 11.3 Å². The van der Waals surface area contributed by atoms with E-state index in [9.17, 15) is 4.79 Å². The van der Waals surface area contributed by atoms with E-state index in [1.165, 1.54) is 5.56 Å². The lowest BCUT2D eigenvalue weighted by atomic mass is 9.98. The maximum absolute atomic E-state index is 11.3. The van der Waals surface area contributed by atoms with E-state index in [1.807, 2.05) is 24.3 Å². The van der Waals surface area contributed by atoms with Gasteiger partial charge in [0.2, 0.25) is 5.91 Å². The number of amides is 1. The molecule has 0 saturated carbocycles. The smallest absolute Gasteiger partial charge is 0.238 e. The number of nitriles is 1. The highest BCUT2D eigenvalue weighted by Gasteiger charge is 2.14. The van der Waals surface area contributed by atoms with Gasteiger partial charge < -0.3 is 10.6 Å². The molecular weight excluding hydrogens is 214 g/mol. The van der Waals surface area contributed by atoms with Crippen LogP contribution in [0.1, 0.15) is 25.3 Å². The van der Waals surface area contributed by atoms with E-state index in [1.54, 1.807) is 0 Å². The van der Waals surface area contributed by atoms with Crippen molar-refractivity contribution < 1.29 is 4.79 Å². The molecule has 0 aliphatic carbocycles. The predicted molar refractivity (Wildman–Crippen MR) is 66.7 cm³/mol. The number of carbonyl (C=O) groups excluding carboxylic acids is 1. The van der Waals surface area contributed by atoms with Gasteiger partial charge >= 0.3 is 0 Å². The number of carbonyl (C=O) groups is 1. The van der Waals surface area contributed by atoms with Gasteiger partial charge in [0.25, 0.3) is 0 Å². The topological polar surface area (TPSA) is 64.9 Å². The standard InChI is InChI=1S/C13H15N3O/c1-9-2-3-10-8-11(4-5-12(10)15-9)16-13(17)6-7-14/h4-5,8-9,15H,2-3,6H2,1H3,(H,16,17). The summed E-state index contributed by atoms with van der Waals surface area (Å²) >= 11 is 0. The molecule has 88 valence electrons. The molecule has 1 atom stereocenters. The molecule has 2 rings (SSSR count). The minimum Gasteiger partial charge on any atom is -0.382 e. The summed E-state index contributed by atoms with van der Waals surface area (Å²) in [5, 5.41) is 14.5. The summed E-state index contributed by atoms with van der Waals surface area (Å²) in [6.45, 7) is 2.16. The first-order valence-corrected chi connectivity index (χ1v) is 5.75. The van der Waals surface area contributed by atoms with E-state index in [2.05, 4.69) is 17.6 Å². The number of fused-ring (bicyclic) bond motifs is 1. The minimum absolute atomic E-state index is 0.105. The second kappa shape index (κ2) is 4.88. The maximum atomic E-state index is 11.3. The van der Waals surface area contributed by atoms with Gasteiger partial charge in [-0.15, -0.1) is 0 Å². The molecule has 0 radical (unpaired) electrons. The number of hydrogen-bond acceptors (Lipinski definition) is 3. The van der Waals surface area contributed by atoms with Crippen LogP contribution in [0.4, 0.5) is 11.4 Å². The van der Waals surface area contributed by atoms with Gasteiger partial charge in [-0.05, 0) is 43.5 Å². The Morgan fingerprint density at radius 3 is 3.24 bits per heavy atom. The van der Waals surface area contributed by atoms with E-state index in [0.29, 0.717) is 6.04 Å². The van der Waals surface area contributed by atoms with Gasteiger partial charge in [0.15, 0.2) is 0 Å². The molecule has 4 nitrogen and oxygen atoms in total. The lowest BCUT2D eigenvalue weighted by molar-refractivity contribution is -0.115. The van der Waals surface area contributed by atoms with Crippen molar-refractivity contribution in [3.05, 3.63) is 23.8 Å². The highest BCUT2D eigenvalue weighted by molar-refractivity contribution is 5.92. The third kappa shape index (κ3) is 2.76. The fourth-order valence-corrected chi connectivity index (χ4v) is 2.01. The van der Waals surface area contributed by atoms with E-state index in [0.717, 1.165) is 24.2 Å². The summed E-state index contributed by atoms with van der Waals surface area (Å²) in [5.41, 5.74) is 3.13. The molecule has 0 bridgehead atoms. The third-order valence-electron chi connectivity index (χ3n) is 2.88. The molecule has 0 saturated heterocycles. The molecular formula is C13H15N3O. The van der Waals surface area contributed by atoms with Crippen LogP contribution < -0.4 is 10.6 Å². The van der Waals surface area contributed by atoms with Crippen LogP contribution in [-0.4, -0.2) is 11.9 Å². The van der Waals surface area contributed by atoms with Crippen molar-refractivity contribution in [2.24, 2.45) is 0 Å². The molecule has 0 fully saturated rings. The van der Waals surface area contributed by atoms with Crippen LogP contribution in [0.15, 0.2) is 18.2 Å². The molecule has 1 aliphatic heterocycles. The molecule has 1 heterocycles. The summed E-state index contributed by atoms with van der Waals surface area (Å²) in [5.74, 6) is -0.260. The number of rotatable bonds is 2. The Morgan fingerprint density at radius 1 is 1.65 bits per heavy atom. The molecule has 4 heteroatoms. The van der Waals surface area contributed by atoms with E-state index < -0.39 is 0 Å². The Hall–Kier alpha value is -2.02. The first-order valence-electron chi connectivity index (χ1n) is 5.75. The third-order valence-corrected chi connectivity index (χ3v) is 2.88. The molecule has 0 spiro atoms. The lowest BCUT2D eigenvalue weighted by Crippen LogP contribution is -2.22. The lowest BCUT2D eigenvalue weighted by Gasteiger charge is -2.24. The number of benzene rings is 1. The van der Waals surface area contributed by atoms with Crippen LogP contribution in [0.5, 0.6) is 0 Å². The van der Waals surface area contributed by atoms with Crippen molar-refractivity contribution in [3.8, 4) is 6.07 Å². The van der Waals surface area contributed by atoms with Crippen LogP contribution >= 0.6 is 0 Å². The number of aryl methyl sites for hydroxylation is 1. The first kappa shape index (κ1) is 11.5. The monoisotopic (exact) mass is 229 g/mol. The Kier molecular flexibility index (Phi) is 3.29. The largest absolute Gasteiger partial charge is 0.382 e. The number of nitrogens with zero attached hydrogens (tertiary/aromatic N) is 1. The normalized spacial score (nSPS) is 17.5. The second-order valence-electron chi connectivity index (χ2n) is 4.34. The van der Waals surface area contributed by atoms with Crippen LogP contribution in [0.25, 0.3) is 0 Å². The van der Waals surface area contributed by atoms with Crippen molar-refractivity contribution >= 4 is 17.3 Å². The van der Waals surface area contributed by atoms with Crippen molar-refractivity contribution in [1.82, 2.24) is 0 Å². The van der Waals surface area contributed by atoms with Crippen molar-refractivity contribution in [2.45, 2.75) is 32.2 Å². The number of anilines is 2. The molecule has 1 amide bonds. The van der Waals surface area contributed by atoms with Gasteiger partial charge in [-0.1, -0.05) is 0 Å². The van der Waals surface area contributed by atoms with Gasteiger partial charge in [-0.2, -0.15) is 5.26 Å². The highest BCUT2D eigenvalue weighted by atomic mass is 16.1. The van der Waals surface area contributed by atoms with Crippen LogP contribution in [0.3, 0.4) is 0 Å². The summed E-state index contributed by atoms with van der Waals surface area (Å²) in [6, 6.07) is 8.15. The summed E-state index contributed by atoms with van der Waals surface area (Å²) < 4.78 is 0. The van der Waals surface area contributed by atoms with E-state index in [-0.39, 0.29) is 12.3 Å². The van der Waals surface area contributed by atoms with E-state index in [4.69, 9.17) is 5.26 Å². The van der Waals surface area contributed by atoms with Crippen molar-refractivity contribution in [1.29, 1.82) is 5.26 Å². The SMILES string of the molecule is CC1CCc2cc(NC(=O)CC#N)ccc2N1. The average Bonchev–Trinajstić information content (AvgIpc) is 2.29. The maximum Gasteiger partial charge on any atom is 0.238 e. The van der Waals surface area contributed by atoms with Crippen molar-refractivity contribution in [2.75, 3.05) is 10.6 Å². The summed E-state index contributed by atoms with van der Waals surface area (Å²) in [4.78, 5) is 11.3. The second-order valence-corrected chi connectivity index (χ2v) is 4.34. The predicted octanol–water partition coefficient (Wildman–Crippen LogP) is 2.29. The molecule has 1 aromatic rings. The zero-order valence-electron chi connectivity index (χ0n) is 9.79. The van der Waals surface area contributed by atoms with Crippen LogP contribution in [-0.2, 0) is 11.2 Å².